The quantitative estimate of drug-likeness (QED) is 0.0753. The number of rotatable bonds is 16. The average molecular weight is 917 g/mol. The summed E-state index contributed by atoms with van der Waals surface area (Å²) in [5.41, 5.74) is 16.2. The van der Waals surface area contributed by atoms with Gasteiger partial charge in [0.15, 0.2) is 0 Å². The number of likely N-dealkylation sites (N-methyl/N-ethyl adjacent to an activating group) is 1. The molecule has 1 saturated heterocycles. The standard InChI is InChI=1S/C42H68N12O11/c1-7-23(2)30-19-46-26(9-8-16-43)37(61)51-29(18-31(44)56)39(63)50-27(41(65)54(6)22-35(60)53-36(42(3,4)5)40(64)48-20-32(45)57)14-15-33(58)47-21-34(59)49-28(38(62)52-30)17-24-10-12-25(55)13-11-24/h10-13,23,26-30,36,46,55H,7-9,14-22,43H2,1-6H3,(H2,44,56)(H2,45,57)(H,47,58)(H,48,64)(H,49,59)(H,50,63)(H,51,61)(H,52,62)(H,53,60). The lowest BCUT2D eigenvalue weighted by molar-refractivity contribution is -0.140. The lowest BCUT2D eigenvalue weighted by Crippen LogP contribution is -2.59. The second kappa shape index (κ2) is 26.4. The van der Waals surface area contributed by atoms with Gasteiger partial charge in [-0.1, -0.05) is 53.2 Å². The van der Waals surface area contributed by atoms with E-state index in [9.17, 15) is 53.1 Å². The van der Waals surface area contributed by atoms with Crippen LogP contribution in [0.4, 0.5) is 0 Å². The lowest BCUT2D eigenvalue weighted by Gasteiger charge is -2.31. The molecule has 10 amide bonds. The van der Waals surface area contributed by atoms with Crippen LogP contribution < -0.4 is 59.7 Å². The van der Waals surface area contributed by atoms with E-state index in [0.717, 1.165) is 4.90 Å². The van der Waals surface area contributed by atoms with E-state index in [1.807, 2.05) is 13.8 Å². The van der Waals surface area contributed by atoms with Gasteiger partial charge in [0.2, 0.25) is 59.1 Å². The highest BCUT2D eigenvalue weighted by molar-refractivity contribution is 5.97. The third kappa shape index (κ3) is 19.5. The molecular weight excluding hydrogens is 849 g/mol. The average Bonchev–Trinajstić information content (AvgIpc) is 3.23. The third-order valence-electron chi connectivity index (χ3n) is 10.7. The Morgan fingerprint density at radius 2 is 1.51 bits per heavy atom. The summed E-state index contributed by atoms with van der Waals surface area (Å²) in [6, 6.07) is -1.08. The van der Waals surface area contributed by atoms with E-state index in [1.54, 1.807) is 32.9 Å². The zero-order chi connectivity index (χ0) is 49.0. The van der Waals surface area contributed by atoms with Gasteiger partial charge in [0.1, 0.15) is 29.9 Å². The first kappa shape index (κ1) is 54.8. The number of nitrogens with two attached hydrogens (primary N) is 3. The van der Waals surface area contributed by atoms with Crippen LogP contribution in [0.5, 0.6) is 5.75 Å². The molecule has 23 nitrogen and oxygen atoms in total. The minimum Gasteiger partial charge on any atom is -0.508 e. The molecule has 15 N–H and O–H groups in total. The van der Waals surface area contributed by atoms with E-state index >= 15 is 0 Å². The molecule has 1 fully saturated rings. The van der Waals surface area contributed by atoms with Gasteiger partial charge in [-0.25, -0.2) is 0 Å². The highest BCUT2D eigenvalue weighted by atomic mass is 16.3. The first-order chi connectivity index (χ1) is 30.4. The summed E-state index contributed by atoms with van der Waals surface area (Å²) in [5, 5.41) is 30.9. The molecule has 362 valence electrons. The molecule has 1 heterocycles. The fourth-order valence-electron chi connectivity index (χ4n) is 6.67. The molecule has 0 aliphatic carbocycles. The van der Waals surface area contributed by atoms with Crippen molar-refractivity contribution in [3.8, 4) is 5.75 Å². The van der Waals surface area contributed by atoms with Crippen molar-refractivity contribution < 1.29 is 53.1 Å². The molecular formula is C42H68N12O11. The number of aromatic hydroxyl groups is 1. The molecule has 0 aromatic heterocycles. The number of carbonyl (C=O) groups is 10. The van der Waals surface area contributed by atoms with Gasteiger partial charge in [0.05, 0.1) is 32.1 Å². The van der Waals surface area contributed by atoms with Gasteiger partial charge in [0.25, 0.3) is 0 Å². The second-order valence-electron chi connectivity index (χ2n) is 17.2. The smallest absolute Gasteiger partial charge is 0.245 e. The van der Waals surface area contributed by atoms with Gasteiger partial charge >= 0.3 is 0 Å². The van der Waals surface area contributed by atoms with Crippen LogP contribution in [0.15, 0.2) is 24.3 Å². The van der Waals surface area contributed by atoms with E-state index in [4.69, 9.17) is 17.2 Å². The summed E-state index contributed by atoms with van der Waals surface area (Å²) in [7, 11) is 1.22. The highest BCUT2D eigenvalue weighted by Crippen LogP contribution is 2.20. The first-order valence-electron chi connectivity index (χ1n) is 21.5. The maximum Gasteiger partial charge on any atom is 0.245 e. The van der Waals surface area contributed by atoms with Crippen molar-refractivity contribution in [3.63, 3.8) is 0 Å². The molecule has 7 unspecified atom stereocenters. The predicted octanol–water partition coefficient (Wildman–Crippen LogP) is -4.01. The van der Waals surface area contributed by atoms with Crippen molar-refractivity contribution in [2.45, 2.75) is 116 Å². The second-order valence-corrected chi connectivity index (χ2v) is 17.2. The van der Waals surface area contributed by atoms with E-state index < -0.39 is 140 Å². The molecule has 0 radical (unpaired) electrons. The van der Waals surface area contributed by atoms with Crippen molar-refractivity contribution in [1.82, 2.24) is 47.4 Å². The highest BCUT2D eigenvalue weighted by Gasteiger charge is 2.36. The van der Waals surface area contributed by atoms with Gasteiger partial charge in [-0.05, 0) is 54.8 Å². The summed E-state index contributed by atoms with van der Waals surface area (Å²) in [6.45, 7) is 7.26. The van der Waals surface area contributed by atoms with Crippen molar-refractivity contribution in [2.75, 3.05) is 39.8 Å². The number of hydrogen-bond donors (Lipinski definition) is 12. The number of phenolic OH excluding ortho intramolecular Hbond substituents is 1. The Labute approximate surface area is 378 Å². The van der Waals surface area contributed by atoms with E-state index in [0.29, 0.717) is 18.4 Å². The monoisotopic (exact) mass is 917 g/mol. The predicted molar refractivity (Wildman–Crippen MR) is 236 cm³/mol. The number of phenols is 1. The minimum absolute atomic E-state index is 0.00359. The molecule has 1 aromatic carbocycles. The van der Waals surface area contributed by atoms with Crippen LogP contribution in [0.3, 0.4) is 0 Å². The molecule has 1 aliphatic heterocycles. The maximum atomic E-state index is 14.0. The van der Waals surface area contributed by atoms with Crippen LogP contribution in [0.1, 0.15) is 78.7 Å². The lowest BCUT2D eigenvalue weighted by atomic mass is 9.86. The molecule has 0 spiro atoms. The largest absolute Gasteiger partial charge is 0.508 e. The van der Waals surface area contributed by atoms with Crippen molar-refractivity contribution >= 4 is 59.1 Å². The van der Waals surface area contributed by atoms with Gasteiger partial charge < -0.3 is 69.7 Å². The topological polar surface area (TPSA) is 368 Å². The Bertz CT molecular complexity index is 1860. The Kier molecular flexibility index (Phi) is 22.3. The van der Waals surface area contributed by atoms with Crippen molar-refractivity contribution in [3.05, 3.63) is 29.8 Å². The van der Waals surface area contributed by atoms with Crippen LogP contribution in [-0.4, -0.2) is 145 Å². The van der Waals surface area contributed by atoms with Crippen LogP contribution in [0.25, 0.3) is 0 Å². The van der Waals surface area contributed by atoms with Gasteiger partial charge in [-0.2, -0.15) is 0 Å². The zero-order valence-corrected chi connectivity index (χ0v) is 38.0. The molecule has 2 rings (SSSR count). The molecule has 0 saturated carbocycles. The number of primary amides is 2. The maximum absolute atomic E-state index is 14.0. The number of carbonyl (C=O) groups excluding carboxylic acids is 10. The Hall–Kier alpha value is -6.36. The van der Waals surface area contributed by atoms with E-state index in [-0.39, 0.29) is 37.6 Å². The Morgan fingerprint density at radius 3 is 2.09 bits per heavy atom. The van der Waals surface area contributed by atoms with Crippen LogP contribution >= 0.6 is 0 Å². The number of hydrogen-bond acceptors (Lipinski definition) is 13. The summed E-state index contributed by atoms with van der Waals surface area (Å²) in [5.74, 6) is -8.17. The van der Waals surface area contributed by atoms with E-state index in [1.165, 1.54) is 19.2 Å². The van der Waals surface area contributed by atoms with Gasteiger partial charge in [-0.3, -0.25) is 47.9 Å². The summed E-state index contributed by atoms with van der Waals surface area (Å²) < 4.78 is 0. The third-order valence-corrected chi connectivity index (χ3v) is 10.7. The molecule has 7 atom stereocenters. The van der Waals surface area contributed by atoms with Crippen LogP contribution in [0, 0.1) is 11.3 Å². The normalized spacial score (nSPS) is 21.7. The Morgan fingerprint density at radius 1 is 0.877 bits per heavy atom. The number of benzene rings is 1. The van der Waals surface area contributed by atoms with Gasteiger partial charge in [0, 0.05) is 32.5 Å². The number of amides is 10. The number of nitrogens with one attached hydrogen (secondary N) is 8. The molecule has 1 aliphatic rings. The molecule has 65 heavy (non-hydrogen) atoms. The molecule has 1 aromatic rings. The first-order valence-corrected chi connectivity index (χ1v) is 21.5. The van der Waals surface area contributed by atoms with Crippen molar-refractivity contribution in [2.24, 2.45) is 28.5 Å². The van der Waals surface area contributed by atoms with E-state index in [2.05, 4.69) is 42.5 Å². The summed E-state index contributed by atoms with van der Waals surface area (Å²) in [6.07, 6.45) is -0.459. The summed E-state index contributed by atoms with van der Waals surface area (Å²) in [4.78, 5) is 133. The Balaban J connectivity index is 2.53. The van der Waals surface area contributed by atoms with Crippen molar-refractivity contribution in [1.29, 1.82) is 0 Å². The fourth-order valence-corrected chi connectivity index (χ4v) is 6.67. The fraction of sp³-hybridized carbons (Fsp3) is 0.619. The van der Waals surface area contributed by atoms with Crippen LogP contribution in [0.2, 0.25) is 0 Å². The van der Waals surface area contributed by atoms with Gasteiger partial charge in [-0.15, -0.1) is 0 Å². The van der Waals surface area contributed by atoms with Crippen LogP contribution in [-0.2, 0) is 54.4 Å². The zero-order valence-electron chi connectivity index (χ0n) is 38.0. The molecule has 0 bridgehead atoms. The number of nitrogens with zero attached hydrogens (tertiary/aromatic N) is 1. The SMILES string of the molecule is CCC(C)C1CNC(CCCN)C(=O)NC(CC(N)=O)C(=O)NC(C(=O)N(C)CC(=O)NC(C(=O)NCC(N)=O)C(C)(C)C)CCC(=O)NCC(=O)NC(Cc2ccc(O)cc2)C(=O)N1. The summed E-state index contributed by atoms with van der Waals surface area (Å²) >= 11 is 0. The molecule has 23 heteroatoms. The minimum atomic E-state index is -1.62.